The Morgan fingerprint density at radius 2 is 1.08 bits per heavy atom. The van der Waals surface area contributed by atoms with Crippen LogP contribution in [-0.2, 0) is 41.3 Å². The van der Waals surface area contributed by atoms with Gasteiger partial charge in [-0.2, -0.15) is 0 Å². The van der Waals surface area contributed by atoms with Gasteiger partial charge in [0.05, 0.1) is 0 Å². The van der Waals surface area contributed by atoms with Gasteiger partial charge in [0, 0.05) is 0 Å². The van der Waals surface area contributed by atoms with Crippen LogP contribution >= 0.6 is 32.8 Å². The van der Waals surface area contributed by atoms with Crippen LogP contribution in [0.25, 0.3) is 0 Å². The standard InChI is InChI=1S/2C18H23BO4P2/c2*20-13(7-6-12-4-2-1-3-5-12)8-9-14-15-10-18(21)23-16(15)11-17(14)24-25-19-22/h2*1-5,8-9,13-17,20,24-25H,6-7,10-11H2/b2*9-8+/t13-,14+,15+,16-,17+;13-,14-,15-,16+,17-/m01/s1. The average molecular weight is 752 g/mol. The predicted molar refractivity (Wildman–Crippen MR) is 206 cm³/mol. The van der Waals surface area contributed by atoms with Gasteiger partial charge in [-0.15, -0.1) is 0 Å². The first-order chi connectivity index (χ1) is 24.3. The summed E-state index contributed by atoms with van der Waals surface area (Å²) in [5, 5.41) is 20.6. The first kappa shape index (κ1) is 39.4. The molecule has 4 aliphatic rings. The normalized spacial score (nSPS) is 30.4. The molecule has 2 aromatic carbocycles. The third-order valence-corrected chi connectivity index (χ3v) is 16.6. The summed E-state index contributed by atoms with van der Waals surface area (Å²) in [5.41, 5.74) is 3.22. The number of allylic oxidation sites excluding steroid dienone is 2. The van der Waals surface area contributed by atoms with E-state index in [9.17, 15) is 29.2 Å². The van der Waals surface area contributed by atoms with Crippen molar-refractivity contribution in [1.29, 1.82) is 0 Å². The molecule has 14 heteroatoms. The van der Waals surface area contributed by atoms with Crippen molar-refractivity contribution in [3.8, 4) is 0 Å². The molecule has 50 heavy (non-hydrogen) atoms. The van der Waals surface area contributed by atoms with Gasteiger partial charge in [-0.25, -0.2) is 0 Å². The number of carbonyl (C=O) groups is 2. The number of carbonyl (C=O) groups excluding carboxylic acids is 2. The van der Waals surface area contributed by atoms with Crippen LogP contribution in [0.2, 0.25) is 0 Å². The number of fused-ring (bicyclic) bond motifs is 2. The van der Waals surface area contributed by atoms with E-state index in [1.807, 2.05) is 48.6 Å². The van der Waals surface area contributed by atoms with Gasteiger partial charge in [0.25, 0.3) is 0 Å². The fourth-order valence-corrected chi connectivity index (χ4v) is 13.6. The number of aryl methyl sites for hydroxylation is 2. The molecule has 8 nitrogen and oxygen atoms in total. The number of esters is 2. The quantitative estimate of drug-likeness (QED) is 0.0901. The van der Waals surface area contributed by atoms with Crippen molar-refractivity contribution in [2.24, 2.45) is 23.7 Å². The van der Waals surface area contributed by atoms with Crippen molar-refractivity contribution in [3.05, 3.63) is 96.1 Å². The summed E-state index contributed by atoms with van der Waals surface area (Å²) in [5.74, 6) is 0.649. The number of rotatable bonds is 16. The van der Waals surface area contributed by atoms with Crippen LogP contribution in [0.1, 0.15) is 49.7 Å². The van der Waals surface area contributed by atoms with Crippen LogP contribution in [0.4, 0.5) is 0 Å². The summed E-state index contributed by atoms with van der Waals surface area (Å²) in [7, 11) is 1.82. The summed E-state index contributed by atoms with van der Waals surface area (Å²) < 4.78 is 32.3. The molecule has 2 aliphatic heterocycles. The Morgan fingerprint density at radius 1 is 0.680 bits per heavy atom. The SMILES string of the molecule is O=BPP[C@@H]1C[C@@H]2OC(=O)C[C@@H]2[C@H]1/C=C/[C@@H](O)CCc1ccccc1.O=BPP[C@@H]1C[C@@H]2OC(=O)C[C@@H]2[C@H]1/C=C/[C@H](O)CCc1ccccc1. The molecule has 2 heterocycles. The van der Waals surface area contributed by atoms with Crippen molar-refractivity contribution in [2.75, 3.05) is 0 Å². The van der Waals surface area contributed by atoms with E-state index in [0.717, 1.165) is 39.4 Å². The van der Waals surface area contributed by atoms with Gasteiger partial charge >= 0.3 is 292 Å². The minimum atomic E-state index is -0.491. The van der Waals surface area contributed by atoms with Crippen LogP contribution < -0.4 is 0 Å². The third-order valence-electron chi connectivity index (χ3n) is 10.1. The molecule has 2 aromatic rings. The van der Waals surface area contributed by atoms with E-state index < -0.39 is 12.2 Å². The Kier molecular flexibility index (Phi) is 16.1. The van der Waals surface area contributed by atoms with E-state index in [4.69, 9.17) is 9.47 Å². The van der Waals surface area contributed by atoms with Gasteiger partial charge in [-0.1, -0.05) is 12.1 Å². The van der Waals surface area contributed by atoms with Gasteiger partial charge < -0.3 is 0 Å². The molecule has 2 saturated heterocycles. The molecule has 2 aliphatic carbocycles. The molecule has 4 unspecified atom stereocenters. The first-order valence-corrected chi connectivity index (χ1v) is 23.7. The van der Waals surface area contributed by atoms with E-state index >= 15 is 0 Å². The maximum atomic E-state index is 11.6. The Morgan fingerprint density at radius 3 is 1.46 bits per heavy atom. The van der Waals surface area contributed by atoms with Gasteiger partial charge in [0.1, 0.15) is 0 Å². The topological polar surface area (TPSA) is 127 Å². The van der Waals surface area contributed by atoms with Crippen LogP contribution in [0, 0.1) is 23.7 Å². The number of hydrogen-bond acceptors (Lipinski definition) is 8. The molecule has 0 amide bonds. The summed E-state index contributed by atoms with van der Waals surface area (Å²) in [6.45, 7) is 1.99. The van der Waals surface area contributed by atoms with Crippen molar-refractivity contribution < 1.29 is 38.7 Å². The van der Waals surface area contributed by atoms with E-state index in [1.165, 1.54) is 11.1 Å². The Hall–Kier alpha value is -1.77. The number of ether oxygens (including phenoxy) is 2. The van der Waals surface area contributed by atoms with E-state index in [2.05, 4.69) is 36.4 Å². The second-order valence-corrected chi connectivity index (χ2v) is 20.0. The molecule has 4 fully saturated rings. The van der Waals surface area contributed by atoms with Gasteiger partial charge in [0.2, 0.25) is 0 Å². The van der Waals surface area contributed by atoms with E-state index in [1.54, 1.807) is 0 Å². The van der Waals surface area contributed by atoms with Crippen LogP contribution in [0.15, 0.2) is 85.0 Å². The second kappa shape index (κ2) is 20.5. The van der Waals surface area contributed by atoms with Gasteiger partial charge in [-0.3, -0.25) is 0 Å². The van der Waals surface area contributed by atoms with Gasteiger partial charge in [-0.05, 0) is 0 Å². The molecular formula is C36H46B2O8P4. The maximum absolute atomic E-state index is 11.6. The Balaban J connectivity index is 0.000000194. The van der Waals surface area contributed by atoms with Crippen molar-refractivity contribution in [2.45, 2.75) is 87.1 Å². The van der Waals surface area contributed by atoms with E-state index in [-0.39, 0.29) is 47.8 Å². The molecule has 2 saturated carbocycles. The number of aliphatic hydroxyl groups excluding tert-OH is 2. The summed E-state index contributed by atoms with van der Waals surface area (Å²) >= 11 is 0. The van der Waals surface area contributed by atoms with Crippen molar-refractivity contribution in [3.63, 3.8) is 0 Å². The fourth-order valence-electron chi connectivity index (χ4n) is 7.65. The van der Waals surface area contributed by atoms with E-state index in [0.29, 0.717) is 69.8 Å². The molecule has 6 rings (SSSR count). The number of aliphatic hydroxyl groups is 2. The third kappa shape index (κ3) is 11.6. The number of benzene rings is 2. The molecule has 264 valence electrons. The van der Waals surface area contributed by atoms with Crippen LogP contribution in [0.5, 0.6) is 0 Å². The number of hydrogen-bond donors (Lipinski definition) is 2. The minimum absolute atomic E-state index is 0.00226. The molecule has 14 atom stereocenters. The molecule has 0 bridgehead atoms. The monoisotopic (exact) mass is 752 g/mol. The summed E-state index contributed by atoms with van der Waals surface area (Å²) in [6, 6.07) is 20.3. The van der Waals surface area contributed by atoms with Crippen LogP contribution in [-0.4, -0.2) is 71.6 Å². The Labute approximate surface area is 303 Å². The molecule has 0 radical (unpaired) electrons. The zero-order chi connectivity index (χ0) is 35.3. The zero-order valence-corrected chi connectivity index (χ0v) is 32.0. The average Bonchev–Trinajstić information content (AvgIpc) is 3.85. The zero-order valence-electron chi connectivity index (χ0n) is 28.0. The molecule has 0 spiro atoms. The second-order valence-electron chi connectivity index (χ2n) is 13.4. The summed E-state index contributed by atoms with van der Waals surface area (Å²) in [6.07, 6.45) is 12.6. The Bertz CT molecular complexity index is 1360. The van der Waals surface area contributed by atoms with Crippen molar-refractivity contribution >= 4 is 58.5 Å². The van der Waals surface area contributed by atoms with Crippen LogP contribution in [0.3, 0.4) is 0 Å². The van der Waals surface area contributed by atoms with Crippen molar-refractivity contribution in [1.82, 2.24) is 0 Å². The first-order valence-electron chi connectivity index (χ1n) is 17.4. The molecule has 2 N–H and O–H groups in total. The predicted octanol–water partition coefficient (Wildman–Crippen LogP) is 6.19. The molecule has 0 aromatic heterocycles. The summed E-state index contributed by atoms with van der Waals surface area (Å²) in [4.78, 5) is 23.1. The molecular weight excluding hydrogens is 706 g/mol. The van der Waals surface area contributed by atoms with Gasteiger partial charge in [0.15, 0.2) is 0 Å². The fraction of sp³-hybridized carbons (Fsp3) is 0.500.